The lowest BCUT2D eigenvalue weighted by Gasteiger charge is -2.25. The maximum Gasteiger partial charge on any atom is 0.277 e. The quantitative estimate of drug-likeness (QED) is 0.418. The van der Waals surface area contributed by atoms with E-state index in [9.17, 15) is 14.4 Å². The van der Waals surface area contributed by atoms with E-state index in [0.29, 0.717) is 61.8 Å². The number of likely N-dealkylation sites (N-methyl/N-ethyl adjacent to an activating group) is 1. The van der Waals surface area contributed by atoms with E-state index in [1.165, 1.54) is 11.8 Å². The number of hydrogen-bond acceptors (Lipinski definition) is 5. The van der Waals surface area contributed by atoms with E-state index in [4.69, 9.17) is 4.74 Å². The van der Waals surface area contributed by atoms with Gasteiger partial charge in [0.05, 0.1) is 5.57 Å². The third kappa shape index (κ3) is 5.87. The van der Waals surface area contributed by atoms with Crippen LogP contribution in [0.2, 0.25) is 0 Å². The normalized spacial score (nSPS) is 13.6. The number of benzene rings is 2. The highest BCUT2D eigenvalue weighted by molar-refractivity contribution is 6.35. The van der Waals surface area contributed by atoms with Crippen LogP contribution in [0.25, 0.3) is 5.57 Å². The molecule has 0 radical (unpaired) electrons. The Balaban J connectivity index is 1.97. The smallest absolute Gasteiger partial charge is 0.277 e. The molecule has 2 aromatic carbocycles. The molecule has 7 heteroatoms. The number of carbonyl (C=O) groups excluding carboxylic acids is 3. The third-order valence-electron chi connectivity index (χ3n) is 5.43. The molecule has 0 atom stereocenters. The van der Waals surface area contributed by atoms with E-state index in [0.717, 1.165) is 5.56 Å². The number of rotatable bonds is 11. The Labute approximate surface area is 195 Å². The van der Waals surface area contributed by atoms with Crippen molar-refractivity contribution in [2.75, 3.05) is 31.6 Å². The van der Waals surface area contributed by atoms with Crippen LogP contribution in [0, 0.1) is 0 Å². The van der Waals surface area contributed by atoms with Gasteiger partial charge in [-0.25, -0.2) is 0 Å². The molecule has 0 aromatic heterocycles. The molecule has 33 heavy (non-hydrogen) atoms. The molecule has 0 unspecified atom stereocenters. The Bertz CT molecular complexity index is 1020. The number of hydrogen-bond donors (Lipinski definition) is 1. The molecule has 1 heterocycles. The van der Waals surface area contributed by atoms with Gasteiger partial charge in [-0.2, -0.15) is 0 Å². The average molecular weight is 450 g/mol. The molecule has 0 saturated carbocycles. The maximum atomic E-state index is 13.5. The zero-order valence-corrected chi connectivity index (χ0v) is 19.5. The molecule has 3 rings (SSSR count). The molecule has 174 valence electrons. The molecule has 3 amide bonds. The van der Waals surface area contributed by atoms with Crippen LogP contribution in [0.1, 0.15) is 38.3 Å². The van der Waals surface area contributed by atoms with Crippen LogP contribution in [0.3, 0.4) is 0 Å². The summed E-state index contributed by atoms with van der Waals surface area (Å²) in [4.78, 5) is 41.5. The van der Waals surface area contributed by atoms with Crippen molar-refractivity contribution in [2.24, 2.45) is 0 Å². The molecule has 7 nitrogen and oxygen atoms in total. The Morgan fingerprint density at radius 3 is 2.30 bits per heavy atom. The monoisotopic (exact) mass is 449 g/mol. The molecule has 2 aromatic rings. The number of amides is 3. The van der Waals surface area contributed by atoms with Gasteiger partial charge in [0, 0.05) is 45.5 Å². The van der Waals surface area contributed by atoms with Gasteiger partial charge in [-0.3, -0.25) is 19.3 Å². The summed E-state index contributed by atoms with van der Waals surface area (Å²) >= 11 is 0. The van der Waals surface area contributed by atoms with Crippen molar-refractivity contribution >= 4 is 29.0 Å². The Kier molecular flexibility index (Phi) is 8.38. The lowest BCUT2D eigenvalue weighted by Crippen LogP contribution is -2.36. The molecule has 1 aliphatic heterocycles. The second-order valence-corrected chi connectivity index (χ2v) is 7.79. The second kappa shape index (κ2) is 11.4. The van der Waals surface area contributed by atoms with Crippen LogP contribution in [-0.4, -0.2) is 53.8 Å². The van der Waals surface area contributed by atoms with Gasteiger partial charge >= 0.3 is 0 Å². The zero-order valence-electron chi connectivity index (χ0n) is 19.5. The topological polar surface area (TPSA) is 79.0 Å². The van der Waals surface area contributed by atoms with Crippen LogP contribution in [0.15, 0.2) is 60.3 Å². The van der Waals surface area contributed by atoms with E-state index in [1.54, 1.807) is 24.3 Å². The molecule has 0 fully saturated rings. The highest BCUT2D eigenvalue weighted by Gasteiger charge is 2.40. The van der Waals surface area contributed by atoms with Crippen molar-refractivity contribution < 1.29 is 19.1 Å². The standard InChI is InChI=1S/C26H31N3O4/c1-4-28(18-20-10-7-6-8-11-20)24-23(21-12-14-22(15-13-21)27-19(3)30)25(31)29(26(24)32)16-9-17-33-5-2/h6-8,10-15H,4-5,9,16-18H2,1-3H3,(H,27,30). The number of nitrogens with zero attached hydrogens (tertiary/aromatic N) is 2. The molecule has 0 aliphatic carbocycles. The largest absolute Gasteiger partial charge is 0.382 e. The van der Waals surface area contributed by atoms with Gasteiger partial charge in [-0.05, 0) is 43.5 Å². The molecule has 0 spiro atoms. The Morgan fingerprint density at radius 1 is 1.00 bits per heavy atom. The van der Waals surface area contributed by atoms with Gasteiger partial charge in [-0.15, -0.1) is 0 Å². The molecular formula is C26H31N3O4. The van der Waals surface area contributed by atoms with Gasteiger partial charge in [0.2, 0.25) is 5.91 Å². The van der Waals surface area contributed by atoms with Crippen molar-refractivity contribution in [1.82, 2.24) is 9.80 Å². The summed E-state index contributed by atoms with van der Waals surface area (Å²) in [5.74, 6) is -0.754. The van der Waals surface area contributed by atoms with Crippen molar-refractivity contribution in [3.8, 4) is 0 Å². The fourth-order valence-corrected chi connectivity index (χ4v) is 3.87. The predicted molar refractivity (Wildman–Crippen MR) is 128 cm³/mol. The zero-order chi connectivity index (χ0) is 23.8. The molecule has 1 N–H and O–H groups in total. The minimum Gasteiger partial charge on any atom is -0.382 e. The number of imide groups is 1. The summed E-state index contributed by atoms with van der Waals surface area (Å²) < 4.78 is 5.39. The number of nitrogens with one attached hydrogen (secondary N) is 1. The van der Waals surface area contributed by atoms with E-state index < -0.39 is 0 Å². The highest BCUT2D eigenvalue weighted by atomic mass is 16.5. The lowest BCUT2D eigenvalue weighted by atomic mass is 10.0. The Hall–Kier alpha value is -3.45. The molecular weight excluding hydrogens is 418 g/mol. The van der Waals surface area contributed by atoms with Crippen LogP contribution in [-0.2, 0) is 25.7 Å². The molecule has 1 aliphatic rings. The first kappa shape index (κ1) is 24.2. The summed E-state index contributed by atoms with van der Waals surface area (Å²) in [6, 6.07) is 16.9. The van der Waals surface area contributed by atoms with E-state index in [-0.39, 0.29) is 17.7 Å². The van der Waals surface area contributed by atoms with Crippen molar-refractivity contribution in [3.05, 3.63) is 71.4 Å². The van der Waals surface area contributed by atoms with Gasteiger partial charge < -0.3 is 15.0 Å². The number of carbonyl (C=O) groups is 3. The SMILES string of the molecule is CCOCCCN1C(=O)C(c2ccc(NC(C)=O)cc2)=C(N(CC)Cc2ccccc2)C1=O. The van der Waals surface area contributed by atoms with Gasteiger partial charge in [0.15, 0.2) is 0 Å². The van der Waals surface area contributed by atoms with Crippen molar-refractivity contribution in [2.45, 2.75) is 33.7 Å². The van der Waals surface area contributed by atoms with E-state index >= 15 is 0 Å². The number of ether oxygens (including phenoxy) is 1. The summed E-state index contributed by atoms with van der Waals surface area (Å²) in [5, 5.41) is 2.73. The molecule has 0 bridgehead atoms. The molecule has 0 saturated heterocycles. The maximum absolute atomic E-state index is 13.5. The van der Waals surface area contributed by atoms with Gasteiger partial charge in [-0.1, -0.05) is 42.5 Å². The van der Waals surface area contributed by atoms with Crippen LogP contribution < -0.4 is 5.32 Å². The lowest BCUT2D eigenvalue weighted by molar-refractivity contribution is -0.137. The van der Waals surface area contributed by atoms with Crippen molar-refractivity contribution in [1.29, 1.82) is 0 Å². The van der Waals surface area contributed by atoms with E-state index in [2.05, 4.69) is 5.32 Å². The predicted octanol–water partition coefficient (Wildman–Crippen LogP) is 3.67. The first-order valence-electron chi connectivity index (χ1n) is 11.3. The second-order valence-electron chi connectivity index (χ2n) is 7.79. The van der Waals surface area contributed by atoms with Crippen LogP contribution in [0.4, 0.5) is 5.69 Å². The van der Waals surface area contributed by atoms with Crippen molar-refractivity contribution in [3.63, 3.8) is 0 Å². The summed E-state index contributed by atoms with van der Waals surface area (Å²) in [6.07, 6.45) is 0.582. The van der Waals surface area contributed by atoms with Crippen LogP contribution >= 0.6 is 0 Å². The Morgan fingerprint density at radius 2 is 1.70 bits per heavy atom. The number of anilines is 1. The fraction of sp³-hybridized carbons (Fsp3) is 0.346. The fourth-order valence-electron chi connectivity index (χ4n) is 3.87. The summed E-state index contributed by atoms with van der Waals surface area (Å²) in [6.45, 7) is 7.81. The minimum atomic E-state index is -0.301. The highest BCUT2D eigenvalue weighted by Crippen LogP contribution is 2.33. The first-order chi connectivity index (χ1) is 16.0. The average Bonchev–Trinajstić information content (AvgIpc) is 3.05. The van der Waals surface area contributed by atoms with Gasteiger partial charge in [0.25, 0.3) is 11.8 Å². The summed E-state index contributed by atoms with van der Waals surface area (Å²) in [7, 11) is 0. The third-order valence-corrected chi connectivity index (χ3v) is 5.43. The minimum absolute atomic E-state index is 0.171. The van der Waals surface area contributed by atoms with E-state index in [1.807, 2.05) is 49.1 Å². The summed E-state index contributed by atoms with van der Waals surface area (Å²) in [5.41, 5.74) is 3.15. The first-order valence-corrected chi connectivity index (χ1v) is 11.3. The van der Waals surface area contributed by atoms with Gasteiger partial charge in [0.1, 0.15) is 5.70 Å². The van der Waals surface area contributed by atoms with Crippen LogP contribution in [0.5, 0.6) is 0 Å².